The van der Waals surface area contributed by atoms with Crippen LogP contribution in [0, 0.1) is 12.7 Å². The van der Waals surface area contributed by atoms with Crippen molar-refractivity contribution >= 4 is 40.1 Å². The normalized spacial score (nSPS) is 10.8. The summed E-state index contributed by atoms with van der Waals surface area (Å²) in [5.74, 6) is -1.23. The Morgan fingerprint density at radius 1 is 1.23 bits per heavy atom. The zero-order valence-electron chi connectivity index (χ0n) is 14.2. The van der Waals surface area contributed by atoms with E-state index in [1.54, 1.807) is 6.07 Å². The summed E-state index contributed by atoms with van der Waals surface area (Å²) < 4.78 is 18.2. The Kier molecular flexibility index (Phi) is 4.95. The molecule has 3 rings (SSSR count). The van der Waals surface area contributed by atoms with Gasteiger partial charge in [0.05, 0.1) is 29.8 Å². The predicted octanol–water partition coefficient (Wildman–Crippen LogP) is 4.24. The number of rotatable bonds is 4. The van der Waals surface area contributed by atoms with Crippen molar-refractivity contribution in [2.75, 3.05) is 12.4 Å². The van der Waals surface area contributed by atoms with Crippen LogP contribution in [0.15, 0.2) is 36.4 Å². The number of hydrogen-bond donors (Lipinski definition) is 2. The minimum absolute atomic E-state index is 0.0358. The Bertz CT molecular complexity index is 1010. The summed E-state index contributed by atoms with van der Waals surface area (Å²) in [7, 11) is 1.27. The average molecular weight is 375 g/mol. The van der Waals surface area contributed by atoms with Crippen molar-refractivity contribution in [2.24, 2.45) is 0 Å². The number of aromatic nitrogens is 1. The highest BCUT2D eigenvalue weighted by Crippen LogP contribution is 2.26. The van der Waals surface area contributed by atoms with E-state index in [0.717, 1.165) is 11.2 Å². The molecule has 0 bridgehead atoms. The fraction of sp³-hybridized carbons (Fsp3) is 0.158. The molecule has 26 heavy (non-hydrogen) atoms. The first kappa shape index (κ1) is 17.9. The molecule has 0 saturated heterocycles. The van der Waals surface area contributed by atoms with Crippen molar-refractivity contribution in [2.45, 2.75) is 13.3 Å². The number of anilines is 1. The third-order valence-corrected chi connectivity index (χ3v) is 4.41. The number of methoxy groups -OCH3 is 1. The summed E-state index contributed by atoms with van der Waals surface area (Å²) in [4.78, 5) is 27.2. The van der Waals surface area contributed by atoms with Gasteiger partial charge in [0.2, 0.25) is 5.91 Å². The zero-order chi connectivity index (χ0) is 18.8. The number of benzene rings is 2. The molecule has 2 aromatic carbocycles. The molecule has 0 saturated carbocycles. The number of halogens is 2. The Balaban J connectivity index is 1.85. The highest BCUT2D eigenvalue weighted by Gasteiger charge is 2.15. The van der Waals surface area contributed by atoms with Crippen LogP contribution in [0.3, 0.4) is 0 Å². The summed E-state index contributed by atoms with van der Waals surface area (Å²) in [6.45, 7) is 1.82. The van der Waals surface area contributed by atoms with Gasteiger partial charge < -0.3 is 15.0 Å². The number of carbonyl (C=O) groups is 2. The van der Waals surface area contributed by atoms with Crippen LogP contribution in [-0.2, 0) is 16.0 Å². The van der Waals surface area contributed by atoms with E-state index in [9.17, 15) is 14.0 Å². The number of aryl methyl sites for hydroxylation is 1. The van der Waals surface area contributed by atoms with Gasteiger partial charge in [-0.25, -0.2) is 9.18 Å². The first-order chi connectivity index (χ1) is 12.4. The number of hydrogen-bond acceptors (Lipinski definition) is 3. The second-order valence-corrected chi connectivity index (χ2v) is 6.24. The van der Waals surface area contributed by atoms with Gasteiger partial charge in [0.1, 0.15) is 5.82 Å². The minimum Gasteiger partial charge on any atom is -0.465 e. The molecule has 1 heterocycles. The van der Waals surface area contributed by atoms with Crippen LogP contribution < -0.4 is 5.32 Å². The second kappa shape index (κ2) is 7.17. The highest BCUT2D eigenvalue weighted by molar-refractivity contribution is 6.33. The van der Waals surface area contributed by atoms with Gasteiger partial charge in [-0.1, -0.05) is 11.6 Å². The monoisotopic (exact) mass is 374 g/mol. The third-order valence-electron chi connectivity index (χ3n) is 4.08. The van der Waals surface area contributed by atoms with E-state index in [0.29, 0.717) is 21.7 Å². The maximum atomic E-state index is 13.5. The number of aromatic amines is 1. The number of fused-ring (bicyclic) bond motifs is 1. The summed E-state index contributed by atoms with van der Waals surface area (Å²) in [6.07, 6.45) is 0.0358. The Hall–Kier alpha value is -2.86. The van der Waals surface area contributed by atoms with Gasteiger partial charge >= 0.3 is 5.97 Å². The first-order valence-electron chi connectivity index (χ1n) is 7.83. The maximum absolute atomic E-state index is 13.5. The number of amides is 1. The summed E-state index contributed by atoms with van der Waals surface area (Å²) in [5.41, 5.74) is 2.84. The number of ether oxygens (including phenoxy) is 1. The molecule has 0 spiro atoms. The molecule has 3 aromatic rings. The third kappa shape index (κ3) is 3.55. The molecule has 0 radical (unpaired) electrons. The maximum Gasteiger partial charge on any atom is 0.337 e. The van der Waals surface area contributed by atoms with Crippen molar-refractivity contribution in [3.63, 3.8) is 0 Å². The Morgan fingerprint density at radius 2 is 2.00 bits per heavy atom. The standard InChI is InChI=1S/C19H16ClFN2O3/c1-10-13(14-8-12(21)4-6-16(14)22-10)9-18(24)23-17-7-11(19(25)26-2)3-5-15(17)20/h3-8,22H,9H2,1-2H3,(H,23,24). The van der Waals surface area contributed by atoms with Crippen LogP contribution >= 0.6 is 11.6 Å². The van der Waals surface area contributed by atoms with Gasteiger partial charge in [-0.2, -0.15) is 0 Å². The lowest BCUT2D eigenvalue weighted by atomic mass is 10.1. The molecule has 0 unspecified atom stereocenters. The molecule has 1 aromatic heterocycles. The SMILES string of the molecule is COC(=O)c1ccc(Cl)c(NC(=O)Cc2c(C)[nH]c3ccc(F)cc23)c1. The van der Waals surface area contributed by atoms with Crippen molar-refractivity contribution in [3.05, 3.63) is 64.1 Å². The van der Waals surface area contributed by atoms with E-state index in [2.05, 4.69) is 15.0 Å². The fourth-order valence-corrected chi connectivity index (χ4v) is 2.97. The lowest BCUT2D eigenvalue weighted by Gasteiger charge is -2.09. The van der Waals surface area contributed by atoms with E-state index in [-0.39, 0.29) is 23.7 Å². The number of esters is 1. The van der Waals surface area contributed by atoms with Gasteiger partial charge in [0, 0.05) is 16.6 Å². The average Bonchev–Trinajstić information content (AvgIpc) is 2.91. The first-order valence-corrected chi connectivity index (χ1v) is 8.21. The lowest BCUT2D eigenvalue weighted by Crippen LogP contribution is -2.15. The highest BCUT2D eigenvalue weighted by atomic mass is 35.5. The van der Waals surface area contributed by atoms with Crippen molar-refractivity contribution in [3.8, 4) is 0 Å². The molecule has 0 aliphatic carbocycles. The second-order valence-electron chi connectivity index (χ2n) is 5.83. The van der Waals surface area contributed by atoms with Gasteiger partial charge in [-0.15, -0.1) is 0 Å². The van der Waals surface area contributed by atoms with Gasteiger partial charge in [0.15, 0.2) is 0 Å². The molecule has 5 nitrogen and oxygen atoms in total. The van der Waals surface area contributed by atoms with Crippen molar-refractivity contribution in [1.82, 2.24) is 4.98 Å². The van der Waals surface area contributed by atoms with Crippen LogP contribution in [-0.4, -0.2) is 24.0 Å². The molecule has 0 aliphatic rings. The van der Waals surface area contributed by atoms with E-state index < -0.39 is 5.97 Å². The van der Waals surface area contributed by atoms with E-state index >= 15 is 0 Å². The molecule has 2 N–H and O–H groups in total. The fourth-order valence-electron chi connectivity index (χ4n) is 2.80. The largest absolute Gasteiger partial charge is 0.465 e. The van der Waals surface area contributed by atoms with E-state index in [1.165, 1.54) is 37.4 Å². The molecule has 1 amide bonds. The molecule has 0 atom stereocenters. The van der Waals surface area contributed by atoms with Crippen molar-refractivity contribution in [1.29, 1.82) is 0 Å². The molecular formula is C19H16ClFN2O3. The predicted molar refractivity (Wildman–Crippen MR) is 98.1 cm³/mol. The lowest BCUT2D eigenvalue weighted by molar-refractivity contribution is -0.115. The summed E-state index contributed by atoms with van der Waals surface area (Å²) in [5, 5.41) is 3.65. The molecule has 7 heteroatoms. The Labute approximate surface area is 154 Å². The number of H-pyrrole nitrogens is 1. The van der Waals surface area contributed by atoms with Gasteiger partial charge in [-0.3, -0.25) is 4.79 Å². The van der Waals surface area contributed by atoms with Gasteiger partial charge in [-0.05, 0) is 48.9 Å². The summed E-state index contributed by atoms with van der Waals surface area (Å²) >= 11 is 6.09. The van der Waals surface area contributed by atoms with Crippen LogP contribution in [0.4, 0.5) is 10.1 Å². The zero-order valence-corrected chi connectivity index (χ0v) is 14.9. The molecule has 0 fully saturated rings. The van der Waals surface area contributed by atoms with Gasteiger partial charge in [0.25, 0.3) is 0 Å². The molecular weight excluding hydrogens is 359 g/mol. The molecule has 134 valence electrons. The quantitative estimate of drug-likeness (QED) is 0.671. The van der Waals surface area contributed by atoms with Crippen molar-refractivity contribution < 1.29 is 18.7 Å². The minimum atomic E-state index is -0.528. The topological polar surface area (TPSA) is 71.2 Å². The van der Waals surface area contributed by atoms with E-state index in [1.807, 2.05) is 6.92 Å². The smallest absolute Gasteiger partial charge is 0.337 e. The van der Waals surface area contributed by atoms with E-state index in [4.69, 9.17) is 11.6 Å². The van der Waals surface area contributed by atoms with Crippen LogP contribution in [0.2, 0.25) is 5.02 Å². The summed E-state index contributed by atoms with van der Waals surface area (Å²) in [6, 6.07) is 8.86. The molecule has 0 aliphatic heterocycles. The number of carbonyl (C=O) groups excluding carboxylic acids is 2. The Morgan fingerprint density at radius 3 is 2.73 bits per heavy atom. The van der Waals surface area contributed by atoms with Crippen LogP contribution in [0.5, 0.6) is 0 Å². The van der Waals surface area contributed by atoms with Crippen LogP contribution in [0.1, 0.15) is 21.6 Å². The number of nitrogens with one attached hydrogen (secondary N) is 2. The van der Waals surface area contributed by atoms with Crippen LogP contribution in [0.25, 0.3) is 10.9 Å².